The number of aromatic amines is 1. The van der Waals surface area contributed by atoms with E-state index in [1.807, 2.05) is 36.6 Å². The van der Waals surface area contributed by atoms with Crippen LogP contribution < -0.4 is 10.1 Å². The molecule has 0 saturated carbocycles. The highest BCUT2D eigenvalue weighted by molar-refractivity contribution is 6.36. The summed E-state index contributed by atoms with van der Waals surface area (Å²) in [7, 11) is 1.59. The first-order valence-electron chi connectivity index (χ1n) is 10.8. The van der Waals surface area contributed by atoms with Gasteiger partial charge in [0.1, 0.15) is 17.4 Å². The van der Waals surface area contributed by atoms with Crippen molar-refractivity contribution in [1.29, 1.82) is 0 Å². The number of carbonyl (C=O) groups excluding carboxylic acids is 1. The smallest absolute Gasteiger partial charge is 0.258 e. The van der Waals surface area contributed by atoms with E-state index in [0.29, 0.717) is 28.2 Å². The van der Waals surface area contributed by atoms with Crippen LogP contribution >= 0.6 is 23.2 Å². The Labute approximate surface area is 209 Å². The topological polar surface area (TPSA) is 84.8 Å². The molecule has 0 radical (unpaired) electrons. The van der Waals surface area contributed by atoms with Crippen LogP contribution in [-0.2, 0) is 0 Å². The molecule has 5 rings (SSSR count). The van der Waals surface area contributed by atoms with Crippen LogP contribution in [0.4, 0.5) is 10.3 Å². The lowest BCUT2D eigenvalue weighted by atomic mass is 10.2. The molecule has 1 amide bonds. The Morgan fingerprint density at radius 2 is 1.89 bits per heavy atom. The third-order valence-corrected chi connectivity index (χ3v) is 6.26. The number of halogens is 3. The molecule has 0 aliphatic rings. The average molecular weight is 512 g/mol. The maximum atomic E-state index is 14.4. The largest absolute Gasteiger partial charge is 0.497 e. The number of nitrogens with zero attached hydrogens (tertiary/aromatic N) is 3. The van der Waals surface area contributed by atoms with Crippen molar-refractivity contribution in [2.24, 2.45) is 0 Å². The maximum Gasteiger partial charge on any atom is 0.258 e. The average Bonchev–Trinajstić information content (AvgIpc) is 3.39. The van der Waals surface area contributed by atoms with Crippen LogP contribution in [0.15, 0.2) is 48.5 Å². The first kappa shape index (κ1) is 23.1. The molecule has 2 heterocycles. The SMILES string of the molecule is COc1ccc2c(c1)nc(NC(=O)c1cc(Cl)c3[nH]c(-c4c(F)cccc4Cl)nc3c1)n2C(C)C. The third-order valence-electron chi connectivity index (χ3n) is 5.65. The molecule has 3 aromatic carbocycles. The van der Waals surface area contributed by atoms with Crippen LogP contribution in [0.1, 0.15) is 30.2 Å². The van der Waals surface area contributed by atoms with Crippen LogP contribution in [0.5, 0.6) is 5.75 Å². The lowest BCUT2D eigenvalue weighted by Crippen LogP contribution is -2.17. The van der Waals surface area contributed by atoms with E-state index < -0.39 is 11.7 Å². The first-order valence-corrected chi connectivity index (χ1v) is 11.5. The normalized spacial score (nSPS) is 11.5. The Morgan fingerprint density at radius 1 is 1.09 bits per heavy atom. The number of H-pyrrole nitrogens is 1. The number of nitrogens with one attached hydrogen (secondary N) is 2. The molecule has 35 heavy (non-hydrogen) atoms. The van der Waals surface area contributed by atoms with Crippen LogP contribution in [0.2, 0.25) is 10.0 Å². The molecule has 2 N–H and O–H groups in total. The number of amides is 1. The van der Waals surface area contributed by atoms with E-state index in [9.17, 15) is 9.18 Å². The number of methoxy groups -OCH3 is 1. The third kappa shape index (κ3) is 4.09. The summed E-state index contributed by atoms with van der Waals surface area (Å²) in [6.45, 7) is 4.01. The van der Waals surface area contributed by atoms with E-state index in [1.165, 1.54) is 18.2 Å². The predicted molar refractivity (Wildman–Crippen MR) is 136 cm³/mol. The molecule has 0 unspecified atom stereocenters. The minimum atomic E-state index is -0.519. The van der Waals surface area contributed by atoms with Gasteiger partial charge in [0.15, 0.2) is 0 Å². The molecule has 0 aliphatic carbocycles. The second-order valence-electron chi connectivity index (χ2n) is 8.24. The summed E-state index contributed by atoms with van der Waals surface area (Å²) >= 11 is 12.6. The second-order valence-corrected chi connectivity index (χ2v) is 9.06. The molecule has 0 atom stereocenters. The van der Waals surface area contributed by atoms with Gasteiger partial charge in [0.2, 0.25) is 5.95 Å². The fourth-order valence-corrected chi connectivity index (χ4v) is 4.55. The number of aromatic nitrogens is 4. The van der Waals surface area contributed by atoms with Crippen LogP contribution in [0.3, 0.4) is 0 Å². The molecule has 0 saturated heterocycles. The molecule has 2 aromatic heterocycles. The van der Waals surface area contributed by atoms with Crippen molar-refractivity contribution in [3.8, 4) is 17.1 Å². The quantitative estimate of drug-likeness (QED) is 0.269. The van der Waals surface area contributed by atoms with Crippen LogP contribution in [0, 0.1) is 5.82 Å². The molecule has 7 nitrogen and oxygen atoms in total. The zero-order chi connectivity index (χ0) is 24.9. The summed E-state index contributed by atoms with van der Waals surface area (Å²) in [5, 5.41) is 3.35. The number of imidazole rings is 2. The fourth-order valence-electron chi connectivity index (χ4n) is 4.03. The summed E-state index contributed by atoms with van der Waals surface area (Å²) in [6.07, 6.45) is 0. The second kappa shape index (κ2) is 8.87. The Kier molecular flexibility index (Phi) is 5.86. The minimum absolute atomic E-state index is 0.0363. The molecule has 0 spiro atoms. The van der Waals surface area contributed by atoms with Gasteiger partial charge in [-0.25, -0.2) is 14.4 Å². The number of hydrogen-bond acceptors (Lipinski definition) is 4. The Bertz CT molecular complexity index is 1590. The van der Waals surface area contributed by atoms with Gasteiger partial charge in [0, 0.05) is 17.7 Å². The van der Waals surface area contributed by atoms with Gasteiger partial charge in [0.25, 0.3) is 5.91 Å². The lowest BCUT2D eigenvalue weighted by molar-refractivity contribution is 0.102. The van der Waals surface area contributed by atoms with Crippen molar-refractivity contribution >= 4 is 57.1 Å². The van der Waals surface area contributed by atoms with Crippen molar-refractivity contribution in [3.05, 3.63) is 70.0 Å². The van der Waals surface area contributed by atoms with E-state index in [4.69, 9.17) is 27.9 Å². The van der Waals surface area contributed by atoms with Gasteiger partial charge in [-0.2, -0.15) is 0 Å². The molecule has 10 heteroatoms. The van der Waals surface area contributed by atoms with Gasteiger partial charge >= 0.3 is 0 Å². The van der Waals surface area contributed by atoms with Crippen molar-refractivity contribution in [2.45, 2.75) is 19.9 Å². The summed E-state index contributed by atoms with van der Waals surface area (Å²) in [5.41, 5.74) is 2.84. The highest BCUT2D eigenvalue weighted by atomic mass is 35.5. The summed E-state index contributed by atoms with van der Waals surface area (Å²) in [5.74, 6) is 0.357. The molecule has 0 bridgehead atoms. The van der Waals surface area contributed by atoms with Gasteiger partial charge in [0.05, 0.1) is 44.8 Å². The molecule has 0 fully saturated rings. The number of carbonyl (C=O) groups is 1. The highest BCUT2D eigenvalue weighted by Crippen LogP contribution is 2.33. The van der Waals surface area contributed by atoms with E-state index in [1.54, 1.807) is 19.2 Å². The van der Waals surface area contributed by atoms with E-state index in [0.717, 1.165) is 5.52 Å². The van der Waals surface area contributed by atoms with Crippen molar-refractivity contribution in [2.75, 3.05) is 12.4 Å². The Morgan fingerprint density at radius 3 is 2.60 bits per heavy atom. The standard InChI is InChI=1S/C25H20Cl2FN5O2/c1-12(2)33-20-8-7-14(35-3)11-18(20)30-25(33)32-24(34)13-9-16(27)22-19(10-13)29-23(31-22)21-15(26)5-4-6-17(21)28/h4-12H,1-3H3,(H,29,31)(H,30,32,34). The summed E-state index contributed by atoms with van der Waals surface area (Å²) < 4.78 is 21.6. The van der Waals surface area contributed by atoms with Gasteiger partial charge in [-0.15, -0.1) is 0 Å². The van der Waals surface area contributed by atoms with Crippen LogP contribution in [-0.4, -0.2) is 32.5 Å². The summed E-state index contributed by atoms with van der Waals surface area (Å²) in [6, 6.07) is 13.1. The zero-order valence-electron chi connectivity index (χ0n) is 19.0. The van der Waals surface area contributed by atoms with Gasteiger partial charge < -0.3 is 14.3 Å². The van der Waals surface area contributed by atoms with Gasteiger partial charge in [-0.3, -0.25) is 10.1 Å². The van der Waals surface area contributed by atoms with Crippen molar-refractivity contribution in [3.63, 3.8) is 0 Å². The number of ether oxygens (including phenoxy) is 1. The first-order chi connectivity index (χ1) is 16.8. The zero-order valence-corrected chi connectivity index (χ0v) is 20.5. The highest BCUT2D eigenvalue weighted by Gasteiger charge is 2.20. The number of anilines is 1. The Hall–Kier alpha value is -3.62. The number of fused-ring (bicyclic) bond motifs is 2. The fraction of sp³-hybridized carbons (Fsp3) is 0.160. The van der Waals surface area contributed by atoms with Crippen molar-refractivity contribution in [1.82, 2.24) is 19.5 Å². The monoisotopic (exact) mass is 511 g/mol. The summed E-state index contributed by atoms with van der Waals surface area (Å²) in [4.78, 5) is 25.2. The van der Waals surface area contributed by atoms with Crippen LogP contribution in [0.25, 0.3) is 33.5 Å². The lowest BCUT2D eigenvalue weighted by Gasteiger charge is -2.13. The number of benzene rings is 3. The Balaban J connectivity index is 1.53. The van der Waals surface area contributed by atoms with Gasteiger partial charge in [-0.1, -0.05) is 29.3 Å². The van der Waals surface area contributed by atoms with Crippen molar-refractivity contribution < 1.29 is 13.9 Å². The van der Waals surface area contributed by atoms with E-state index >= 15 is 0 Å². The molecule has 5 aromatic rings. The predicted octanol–water partition coefficient (Wildman–Crippen LogP) is 6.87. The molecular formula is C25H20Cl2FN5O2. The maximum absolute atomic E-state index is 14.4. The molecular weight excluding hydrogens is 492 g/mol. The van der Waals surface area contributed by atoms with Gasteiger partial charge in [-0.05, 0) is 50.2 Å². The van der Waals surface area contributed by atoms with E-state index in [2.05, 4.69) is 20.3 Å². The molecule has 0 aliphatic heterocycles. The number of rotatable bonds is 5. The molecule has 178 valence electrons. The number of hydrogen-bond donors (Lipinski definition) is 2. The minimum Gasteiger partial charge on any atom is -0.497 e. The van der Waals surface area contributed by atoms with E-state index in [-0.39, 0.29) is 33.0 Å².